The van der Waals surface area contributed by atoms with Crippen molar-refractivity contribution in [3.8, 4) is 44.6 Å². The van der Waals surface area contributed by atoms with Gasteiger partial charge in [-0.3, -0.25) is 4.98 Å². The number of aromatic nitrogens is 2. The summed E-state index contributed by atoms with van der Waals surface area (Å²) >= 11 is 0. The minimum absolute atomic E-state index is 0.497. The van der Waals surface area contributed by atoms with Crippen molar-refractivity contribution < 1.29 is 0 Å². The Morgan fingerprint density at radius 1 is 0.583 bits per heavy atom. The maximum Gasteiger partial charge on any atom is 0.0728 e. The monoisotopic (exact) mass is 614 g/mol. The fourth-order valence-corrected chi connectivity index (χ4v) is 7.47. The van der Waals surface area contributed by atoms with Crippen LogP contribution in [0.5, 0.6) is 0 Å². The van der Waals surface area contributed by atoms with Crippen LogP contribution >= 0.6 is 0 Å². The van der Waals surface area contributed by atoms with Crippen molar-refractivity contribution in [2.75, 3.05) is 0 Å². The number of nitrogens with zero attached hydrogens (tertiary/aromatic N) is 2. The maximum absolute atomic E-state index is 5.17. The Morgan fingerprint density at radius 2 is 1.25 bits per heavy atom. The number of allylic oxidation sites excluding steroid dienone is 3. The zero-order valence-corrected chi connectivity index (χ0v) is 26.8. The predicted octanol–water partition coefficient (Wildman–Crippen LogP) is 11.4. The molecule has 0 radical (unpaired) electrons. The van der Waals surface area contributed by atoms with E-state index in [0.29, 0.717) is 0 Å². The first-order valence-corrected chi connectivity index (χ1v) is 16.4. The van der Waals surface area contributed by atoms with Gasteiger partial charge >= 0.3 is 0 Å². The van der Waals surface area contributed by atoms with Gasteiger partial charge in [-0.05, 0) is 92.4 Å². The van der Waals surface area contributed by atoms with Crippen LogP contribution in [0.1, 0.15) is 34.9 Å². The van der Waals surface area contributed by atoms with Gasteiger partial charge in [0, 0.05) is 18.0 Å². The normalized spacial score (nSPS) is 15.1. The SMILES string of the molecule is C=C/C(=C\C)c1cc(-c2ccccc2)cc(-c2cccc(-c3cccc4c3-c3ccccc3C4(c3ccccc3)c3cccnc3)c2)n1. The molecule has 2 nitrogen and oxygen atoms in total. The molecule has 7 aromatic rings. The number of benzene rings is 5. The van der Waals surface area contributed by atoms with Crippen molar-refractivity contribution in [3.63, 3.8) is 0 Å². The lowest BCUT2D eigenvalue weighted by Crippen LogP contribution is -2.28. The van der Waals surface area contributed by atoms with Crippen LogP contribution in [0.3, 0.4) is 0 Å². The van der Waals surface area contributed by atoms with Crippen LogP contribution in [0, 0.1) is 0 Å². The largest absolute Gasteiger partial charge is 0.264 e. The Balaban J connectivity index is 1.35. The van der Waals surface area contributed by atoms with E-state index in [0.717, 1.165) is 44.8 Å². The Kier molecular flexibility index (Phi) is 7.47. The van der Waals surface area contributed by atoms with E-state index in [4.69, 9.17) is 4.98 Å². The predicted molar refractivity (Wildman–Crippen MR) is 199 cm³/mol. The summed E-state index contributed by atoms with van der Waals surface area (Å²) in [6, 6.07) is 54.4. The zero-order valence-electron chi connectivity index (χ0n) is 26.8. The van der Waals surface area contributed by atoms with Crippen molar-refractivity contribution in [1.82, 2.24) is 9.97 Å². The van der Waals surface area contributed by atoms with Crippen LogP contribution < -0.4 is 0 Å². The molecule has 48 heavy (non-hydrogen) atoms. The Hall–Kier alpha value is -6.12. The van der Waals surface area contributed by atoms with Gasteiger partial charge in [-0.15, -0.1) is 0 Å². The summed E-state index contributed by atoms with van der Waals surface area (Å²) in [6.45, 7) is 6.09. The molecule has 1 aliphatic carbocycles. The third-order valence-electron chi connectivity index (χ3n) is 9.60. The van der Waals surface area contributed by atoms with Crippen molar-refractivity contribution >= 4 is 5.57 Å². The maximum atomic E-state index is 5.17. The smallest absolute Gasteiger partial charge is 0.0728 e. The second kappa shape index (κ2) is 12.2. The van der Waals surface area contributed by atoms with E-state index in [1.54, 1.807) is 0 Å². The molecule has 1 atom stereocenters. The van der Waals surface area contributed by atoms with Crippen LogP contribution in [0.15, 0.2) is 183 Å². The number of rotatable bonds is 7. The molecule has 0 saturated carbocycles. The molecule has 0 amide bonds. The summed E-state index contributed by atoms with van der Waals surface area (Å²) in [4.78, 5) is 9.79. The minimum atomic E-state index is -0.497. The van der Waals surface area contributed by atoms with Gasteiger partial charge in [-0.2, -0.15) is 0 Å². The van der Waals surface area contributed by atoms with E-state index in [2.05, 4.69) is 157 Å². The summed E-state index contributed by atoms with van der Waals surface area (Å²) < 4.78 is 0. The molecule has 1 unspecified atom stereocenters. The molecular weight excluding hydrogens is 581 g/mol. The molecule has 2 aromatic heterocycles. The van der Waals surface area contributed by atoms with E-state index in [9.17, 15) is 0 Å². The van der Waals surface area contributed by atoms with Gasteiger partial charge in [-0.1, -0.05) is 146 Å². The third-order valence-corrected chi connectivity index (χ3v) is 9.60. The van der Waals surface area contributed by atoms with E-state index < -0.39 is 5.41 Å². The van der Waals surface area contributed by atoms with Crippen LogP contribution in [0.2, 0.25) is 0 Å². The van der Waals surface area contributed by atoms with Crippen LogP contribution in [0.25, 0.3) is 50.2 Å². The molecule has 2 heterocycles. The molecule has 0 bridgehead atoms. The van der Waals surface area contributed by atoms with Crippen LogP contribution in [-0.4, -0.2) is 9.97 Å². The molecule has 8 rings (SSSR count). The summed E-state index contributed by atoms with van der Waals surface area (Å²) in [5.41, 5.74) is 15.5. The average molecular weight is 615 g/mol. The first-order chi connectivity index (χ1) is 23.7. The fraction of sp³-hybridized carbons (Fsp3) is 0.0435. The van der Waals surface area contributed by atoms with E-state index in [1.165, 1.54) is 33.4 Å². The lowest BCUT2D eigenvalue weighted by atomic mass is 9.68. The summed E-state index contributed by atoms with van der Waals surface area (Å²) in [6.07, 6.45) is 7.82. The zero-order chi connectivity index (χ0) is 32.5. The highest BCUT2D eigenvalue weighted by molar-refractivity contribution is 5.96. The van der Waals surface area contributed by atoms with Gasteiger partial charge in [-0.25, -0.2) is 4.98 Å². The van der Waals surface area contributed by atoms with Gasteiger partial charge < -0.3 is 0 Å². The van der Waals surface area contributed by atoms with E-state index in [1.807, 2.05) is 37.5 Å². The molecular formula is C46H34N2. The molecule has 0 N–H and O–H groups in total. The molecule has 2 heteroatoms. The number of hydrogen-bond acceptors (Lipinski definition) is 2. The van der Waals surface area contributed by atoms with Crippen molar-refractivity contribution in [2.24, 2.45) is 0 Å². The first-order valence-electron chi connectivity index (χ1n) is 16.4. The van der Waals surface area contributed by atoms with Gasteiger partial charge in [0.15, 0.2) is 0 Å². The van der Waals surface area contributed by atoms with Crippen molar-refractivity contribution in [3.05, 3.63) is 211 Å². The Morgan fingerprint density at radius 3 is 2.02 bits per heavy atom. The highest BCUT2D eigenvalue weighted by Gasteiger charge is 2.46. The molecule has 1 aliphatic rings. The standard InChI is InChI=1S/C46H34N2/c1-3-32(4-2)43-29-36(33-16-7-5-8-17-33)30-44(48-43)35-19-13-18-34(28-35)39-24-14-26-42-45(39)40-23-11-12-25-41(40)46(42,37-20-9-6-10-21-37)38-22-15-27-47-31-38/h3-31H,1H2,2H3/b32-4+. The molecule has 0 spiro atoms. The topological polar surface area (TPSA) is 25.8 Å². The highest BCUT2D eigenvalue weighted by atomic mass is 14.7. The van der Waals surface area contributed by atoms with Gasteiger partial charge in [0.05, 0.1) is 16.8 Å². The molecule has 0 aliphatic heterocycles. The second-order valence-electron chi connectivity index (χ2n) is 12.2. The fourth-order valence-electron chi connectivity index (χ4n) is 7.47. The summed E-state index contributed by atoms with van der Waals surface area (Å²) in [5, 5.41) is 0. The molecule has 5 aromatic carbocycles. The number of pyridine rings is 2. The summed E-state index contributed by atoms with van der Waals surface area (Å²) in [7, 11) is 0. The number of fused-ring (bicyclic) bond motifs is 3. The van der Waals surface area contributed by atoms with Crippen molar-refractivity contribution in [1.29, 1.82) is 0 Å². The van der Waals surface area contributed by atoms with Gasteiger partial charge in [0.25, 0.3) is 0 Å². The van der Waals surface area contributed by atoms with Gasteiger partial charge in [0.1, 0.15) is 0 Å². The van der Waals surface area contributed by atoms with Crippen LogP contribution in [-0.2, 0) is 5.41 Å². The van der Waals surface area contributed by atoms with Gasteiger partial charge in [0.2, 0.25) is 0 Å². The lowest BCUT2D eigenvalue weighted by molar-refractivity contribution is 0.763. The average Bonchev–Trinajstić information content (AvgIpc) is 3.48. The van der Waals surface area contributed by atoms with Crippen LogP contribution in [0.4, 0.5) is 0 Å². The van der Waals surface area contributed by atoms with Crippen molar-refractivity contribution in [2.45, 2.75) is 12.3 Å². The second-order valence-corrected chi connectivity index (χ2v) is 12.2. The third kappa shape index (κ3) is 4.73. The Labute approximate surface area is 282 Å². The minimum Gasteiger partial charge on any atom is -0.264 e. The summed E-state index contributed by atoms with van der Waals surface area (Å²) in [5.74, 6) is 0. The molecule has 228 valence electrons. The molecule has 0 saturated heterocycles. The molecule has 0 fully saturated rings. The highest BCUT2D eigenvalue weighted by Crippen LogP contribution is 2.58. The quantitative estimate of drug-likeness (QED) is 0.167. The first kappa shape index (κ1) is 29.3. The lowest BCUT2D eigenvalue weighted by Gasteiger charge is -2.33. The van der Waals surface area contributed by atoms with E-state index >= 15 is 0 Å². The number of hydrogen-bond donors (Lipinski definition) is 0. The Bertz CT molecular complexity index is 2260. The van der Waals surface area contributed by atoms with E-state index in [-0.39, 0.29) is 0 Å².